The second-order valence-corrected chi connectivity index (χ2v) is 7.05. The van der Waals surface area contributed by atoms with Gasteiger partial charge < -0.3 is 24.6 Å². The van der Waals surface area contributed by atoms with Crippen molar-refractivity contribution in [3.63, 3.8) is 0 Å². The van der Waals surface area contributed by atoms with Crippen molar-refractivity contribution in [1.29, 1.82) is 0 Å². The molecule has 1 amide bonds. The lowest BCUT2D eigenvalue weighted by molar-refractivity contribution is -0.121. The van der Waals surface area contributed by atoms with Gasteiger partial charge in [-0.2, -0.15) is 0 Å². The fourth-order valence-electron chi connectivity index (χ4n) is 3.50. The molecule has 1 unspecified atom stereocenters. The average molecular weight is 421 g/mol. The third-order valence-corrected chi connectivity index (χ3v) is 5.14. The number of phenolic OH excluding ortho intramolecular Hbond substituents is 1. The van der Waals surface area contributed by atoms with E-state index in [-0.39, 0.29) is 18.1 Å². The lowest BCUT2D eigenvalue weighted by Gasteiger charge is -2.22. The third kappa shape index (κ3) is 5.48. The van der Waals surface area contributed by atoms with Gasteiger partial charge in [-0.25, -0.2) is 0 Å². The molecule has 0 heterocycles. The molecule has 2 N–H and O–H groups in total. The minimum Gasteiger partial charge on any atom is -0.507 e. The van der Waals surface area contributed by atoms with E-state index < -0.39 is 5.92 Å². The standard InChI is InChI=1S/C25H27NO5/c1-29-19-11-9-18(10-12-19)21(15-24(28)26-16-17-7-5-4-6-8-17)25-22(27)13-20(30-2)14-23(25)31-3/h4-14,21,27H,15-16H2,1-3H3,(H,26,28). The van der Waals surface area contributed by atoms with Gasteiger partial charge in [-0.15, -0.1) is 0 Å². The van der Waals surface area contributed by atoms with E-state index in [2.05, 4.69) is 5.32 Å². The highest BCUT2D eigenvalue weighted by atomic mass is 16.5. The molecule has 3 aromatic carbocycles. The Bertz CT molecular complexity index is 1000. The van der Waals surface area contributed by atoms with Crippen LogP contribution in [0.25, 0.3) is 0 Å². The maximum atomic E-state index is 12.8. The van der Waals surface area contributed by atoms with Crippen molar-refractivity contribution in [2.24, 2.45) is 0 Å². The molecule has 3 rings (SSSR count). The van der Waals surface area contributed by atoms with Gasteiger partial charge in [0, 0.05) is 36.6 Å². The van der Waals surface area contributed by atoms with E-state index in [0.29, 0.717) is 29.4 Å². The monoisotopic (exact) mass is 421 g/mol. The number of carbonyl (C=O) groups excluding carboxylic acids is 1. The first-order chi connectivity index (χ1) is 15.0. The Morgan fingerprint density at radius 1 is 0.903 bits per heavy atom. The molecule has 0 aliphatic rings. The highest BCUT2D eigenvalue weighted by Gasteiger charge is 2.26. The van der Waals surface area contributed by atoms with Gasteiger partial charge in [0.15, 0.2) is 0 Å². The van der Waals surface area contributed by atoms with Crippen molar-refractivity contribution in [3.8, 4) is 23.0 Å². The average Bonchev–Trinajstić information content (AvgIpc) is 2.81. The lowest BCUT2D eigenvalue weighted by atomic mass is 9.86. The van der Waals surface area contributed by atoms with Crippen LogP contribution in [0.3, 0.4) is 0 Å². The normalized spacial score (nSPS) is 11.5. The largest absolute Gasteiger partial charge is 0.507 e. The Balaban J connectivity index is 1.92. The Labute approximate surface area is 182 Å². The molecule has 31 heavy (non-hydrogen) atoms. The van der Waals surface area contributed by atoms with Crippen molar-refractivity contribution in [3.05, 3.63) is 83.4 Å². The number of ether oxygens (including phenoxy) is 3. The van der Waals surface area contributed by atoms with Crippen molar-refractivity contribution in [2.75, 3.05) is 21.3 Å². The van der Waals surface area contributed by atoms with Crippen LogP contribution in [0.4, 0.5) is 0 Å². The first-order valence-electron chi connectivity index (χ1n) is 9.95. The Morgan fingerprint density at radius 2 is 1.58 bits per heavy atom. The molecule has 6 heteroatoms. The number of amides is 1. The van der Waals surface area contributed by atoms with Crippen molar-refractivity contribution < 1.29 is 24.1 Å². The predicted octanol–water partition coefficient (Wildman–Crippen LogP) is 4.26. The molecule has 0 saturated carbocycles. The van der Waals surface area contributed by atoms with Crippen LogP contribution in [-0.4, -0.2) is 32.3 Å². The maximum Gasteiger partial charge on any atom is 0.221 e. The quantitative estimate of drug-likeness (QED) is 0.540. The van der Waals surface area contributed by atoms with Gasteiger partial charge in [0.2, 0.25) is 5.91 Å². The zero-order valence-electron chi connectivity index (χ0n) is 17.9. The van der Waals surface area contributed by atoms with Crippen LogP contribution < -0.4 is 19.5 Å². The Hall–Kier alpha value is -3.67. The second kappa shape index (κ2) is 10.4. The van der Waals surface area contributed by atoms with E-state index in [1.165, 1.54) is 20.3 Å². The summed E-state index contributed by atoms with van der Waals surface area (Å²) in [5, 5.41) is 13.7. The van der Waals surface area contributed by atoms with E-state index in [9.17, 15) is 9.90 Å². The minimum atomic E-state index is -0.428. The number of hydrogen-bond donors (Lipinski definition) is 2. The van der Waals surface area contributed by atoms with Gasteiger partial charge in [0.1, 0.15) is 23.0 Å². The van der Waals surface area contributed by atoms with Crippen molar-refractivity contribution in [1.82, 2.24) is 5.32 Å². The highest BCUT2D eigenvalue weighted by Crippen LogP contribution is 2.43. The van der Waals surface area contributed by atoms with E-state index in [0.717, 1.165) is 11.1 Å². The molecule has 3 aromatic rings. The summed E-state index contributed by atoms with van der Waals surface area (Å²) in [5.74, 6) is 1.08. The fourth-order valence-corrected chi connectivity index (χ4v) is 3.50. The van der Waals surface area contributed by atoms with E-state index >= 15 is 0 Å². The molecular formula is C25H27NO5. The molecule has 162 valence electrons. The summed E-state index contributed by atoms with van der Waals surface area (Å²) < 4.78 is 16.0. The van der Waals surface area contributed by atoms with Crippen LogP contribution in [0.5, 0.6) is 23.0 Å². The minimum absolute atomic E-state index is 0.00729. The number of rotatable bonds is 9. The lowest BCUT2D eigenvalue weighted by Crippen LogP contribution is -2.25. The summed E-state index contributed by atoms with van der Waals surface area (Å²) in [6.07, 6.45) is 0.134. The fraction of sp³-hybridized carbons (Fsp3) is 0.240. The first-order valence-corrected chi connectivity index (χ1v) is 9.95. The molecular weight excluding hydrogens is 394 g/mol. The summed E-state index contributed by atoms with van der Waals surface area (Å²) in [5.41, 5.74) is 2.40. The zero-order valence-corrected chi connectivity index (χ0v) is 17.9. The number of aromatic hydroxyl groups is 1. The number of hydrogen-bond acceptors (Lipinski definition) is 5. The molecule has 0 fully saturated rings. The molecule has 1 atom stereocenters. The molecule has 0 radical (unpaired) electrons. The zero-order chi connectivity index (χ0) is 22.2. The summed E-state index contributed by atoms with van der Waals surface area (Å²) in [7, 11) is 4.64. The van der Waals surface area contributed by atoms with Gasteiger partial charge in [-0.05, 0) is 23.3 Å². The smallest absolute Gasteiger partial charge is 0.221 e. The number of phenols is 1. The highest BCUT2D eigenvalue weighted by molar-refractivity contribution is 5.78. The van der Waals surface area contributed by atoms with E-state index in [1.54, 1.807) is 13.2 Å². The number of benzene rings is 3. The summed E-state index contributed by atoms with van der Waals surface area (Å²) in [6, 6.07) is 20.4. The van der Waals surface area contributed by atoms with Crippen LogP contribution in [0.1, 0.15) is 29.0 Å². The second-order valence-electron chi connectivity index (χ2n) is 7.05. The van der Waals surface area contributed by atoms with Crippen LogP contribution in [0.2, 0.25) is 0 Å². The van der Waals surface area contributed by atoms with Crippen LogP contribution >= 0.6 is 0 Å². The van der Waals surface area contributed by atoms with E-state index in [1.807, 2.05) is 54.6 Å². The summed E-state index contributed by atoms with van der Waals surface area (Å²) in [6.45, 7) is 0.431. The van der Waals surface area contributed by atoms with Gasteiger partial charge >= 0.3 is 0 Å². The van der Waals surface area contributed by atoms with Crippen molar-refractivity contribution >= 4 is 5.91 Å². The third-order valence-electron chi connectivity index (χ3n) is 5.14. The number of carbonyl (C=O) groups is 1. The van der Waals surface area contributed by atoms with Crippen LogP contribution in [0.15, 0.2) is 66.7 Å². The number of methoxy groups -OCH3 is 3. The predicted molar refractivity (Wildman–Crippen MR) is 119 cm³/mol. The molecule has 0 bridgehead atoms. The summed E-state index contributed by atoms with van der Waals surface area (Å²) >= 11 is 0. The molecule has 0 saturated heterocycles. The van der Waals surface area contributed by atoms with Gasteiger partial charge in [-0.3, -0.25) is 4.79 Å². The Kier molecular flexibility index (Phi) is 7.38. The van der Waals surface area contributed by atoms with Crippen LogP contribution in [-0.2, 0) is 11.3 Å². The van der Waals surface area contributed by atoms with Gasteiger partial charge in [0.05, 0.1) is 21.3 Å². The maximum absolute atomic E-state index is 12.8. The summed E-state index contributed by atoms with van der Waals surface area (Å²) in [4.78, 5) is 12.8. The topological polar surface area (TPSA) is 77.0 Å². The molecule has 6 nitrogen and oxygen atoms in total. The van der Waals surface area contributed by atoms with Gasteiger partial charge in [0.25, 0.3) is 0 Å². The Morgan fingerprint density at radius 3 is 2.19 bits per heavy atom. The number of nitrogens with one attached hydrogen (secondary N) is 1. The van der Waals surface area contributed by atoms with E-state index in [4.69, 9.17) is 14.2 Å². The molecule has 0 aliphatic carbocycles. The van der Waals surface area contributed by atoms with Crippen molar-refractivity contribution in [2.45, 2.75) is 18.9 Å². The SMILES string of the molecule is COc1ccc(C(CC(=O)NCc2ccccc2)c2c(O)cc(OC)cc2OC)cc1. The molecule has 0 spiro atoms. The van der Waals surface area contributed by atoms with Crippen LogP contribution in [0, 0.1) is 0 Å². The first kappa shape index (κ1) is 22.0. The molecule has 0 aliphatic heterocycles. The molecule has 0 aromatic heterocycles. The van der Waals surface area contributed by atoms with Gasteiger partial charge in [-0.1, -0.05) is 42.5 Å².